The van der Waals surface area contributed by atoms with Gasteiger partial charge in [-0.05, 0) is 37.5 Å². The maximum atomic E-state index is 13.4. The average Bonchev–Trinajstić information content (AvgIpc) is 2.66. The van der Waals surface area contributed by atoms with Gasteiger partial charge in [-0.25, -0.2) is 8.78 Å². The van der Waals surface area contributed by atoms with Gasteiger partial charge in [-0.2, -0.15) is 0 Å². The Morgan fingerprint density at radius 2 is 2.04 bits per heavy atom. The number of piperidine rings is 1. The molecule has 0 radical (unpaired) electrons. The smallest absolute Gasteiger partial charge is 0.308 e. The number of likely N-dealkylation sites (tertiary alicyclic amines) is 1. The van der Waals surface area contributed by atoms with Crippen molar-refractivity contribution in [1.29, 1.82) is 0 Å². The molecule has 0 amide bonds. The molecular weight excluding hydrogens is 340 g/mol. The molecule has 0 saturated carbocycles. The Labute approximate surface area is 153 Å². The van der Waals surface area contributed by atoms with Crippen LogP contribution >= 0.6 is 0 Å². The van der Waals surface area contributed by atoms with Crippen molar-refractivity contribution in [2.24, 2.45) is 10.9 Å². The number of nitrogens with one attached hydrogen (secondary N) is 1. The number of hydrogen-bond acceptors (Lipinski definition) is 3. The van der Waals surface area contributed by atoms with E-state index in [4.69, 9.17) is 4.74 Å². The summed E-state index contributed by atoms with van der Waals surface area (Å²) >= 11 is 0. The number of guanidine groups is 1. The summed E-state index contributed by atoms with van der Waals surface area (Å²) in [4.78, 5) is 18.4. The fourth-order valence-electron chi connectivity index (χ4n) is 3.07. The van der Waals surface area contributed by atoms with Crippen LogP contribution in [0.1, 0.15) is 38.2 Å². The van der Waals surface area contributed by atoms with Crippen molar-refractivity contribution in [2.45, 2.75) is 32.6 Å². The summed E-state index contributed by atoms with van der Waals surface area (Å²) in [6, 6.07) is 3.96. The number of hydrogen-bond donors (Lipinski definition) is 1. The number of halogens is 2. The summed E-state index contributed by atoms with van der Waals surface area (Å²) < 4.78 is 31.3. The summed E-state index contributed by atoms with van der Waals surface area (Å²) in [6.45, 7) is 6.58. The van der Waals surface area contributed by atoms with Gasteiger partial charge in [-0.3, -0.25) is 9.79 Å². The SMILES string of the molecule is CCNC(=NCC(C)c1ccc(F)c(F)c1)N1CCC(C(=O)OC)CC1. The third-order valence-corrected chi connectivity index (χ3v) is 4.69. The Hall–Kier alpha value is -2.18. The third kappa shape index (κ3) is 5.16. The van der Waals surface area contributed by atoms with Crippen LogP contribution in [0, 0.1) is 17.6 Å². The van der Waals surface area contributed by atoms with Crippen LogP contribution in [0.15, 0.2) is 23.2 Å². The van der Waals surface area contributed by atoms with Crippen LogP contribution in [-0.4, -0.2) is 50.1 Å². The van der Waals surface area contributed by atoms with Gasteiger partial charge < -0.3 is 15.0 Å². The largest absolute Gasteiger partial charge is 0.469 e. The first-order valence-electron chi connectivity index (χ1n) is 9.02. The molecule has 1 fully saturated rings. The number of carbonyl (C=O) groups excluding carboxylic acids is 1. The number of methoxy groups -OCH3 is 1. The highest BCUT2D eigenvalue weighted by Gasteiger charge is 2.27. The van der Waals surface area contributed by atoms with E-state index < -0.39 is 11.6 Å². The molecule has 7 heteroatoms. The van der Waals surface area contributed by atoms with Gasteiger partial charge >= 0.3 is 5.97 Å². The van der Waals surface area contributed by atoms with Gasteiger partial charge in [0.1, 0.15) is 0 Å². The molecule has 1 aliphatic rings. The molecule has 1 aromatic carbocycles. The van der Waals surface area contributed by atoms with Crippen LogP contribution in [-0.2, 0) is 9.53 Å². The van der Waals surface area contributed by atoms with E-state index in [9.17, 15) is 13.6 Å². The van der Waals surface area contributed by atoms with E-state index in [2.05, 4.69) is 15.2 Å². The minimum Gasteiger partial charge on any atom is -0.469 e. The highest BCUT2D eigenvalue weighted by atomic mass is 19.2. The normalized spacial score (nSPS) is 17.1. The van der Waals surface area contributed by atoms with Crippen molar-refractivity contribution in [3.05, 3.63) is 35.4 Å². The van der Waals surface area contributed by atoms with E-state index in [1.54, 1.807) is 6.07 Å². The van der Waals surface area contributed by atoms with E-state index in [-0.39, 0.29) is 17.8 Å². The molecule has 5 nitrogen and oxygen atoms in total. The topological polar surface area (TPSA) is 53.9 Å². The molecule has 0 bridgehead atoms. The number of nitrogens with zero attached hydrogens (tertiary/aromatic N) is 2. The first-order chi connectivity index (χ1) is 12.5. The number of rotatable bonds is 5. The Morgan fingerprint density at radius 3 is 2.62 bits per heavy atom. The minimum atomic E-state index is -0.841. The minimum absolute atomic E-state index is 0.0358. The molecule has 0 spiro atoms. The number of aliphatic imine (C=N–C) groups is 1. The molecule has 1 saturated heterocycles. The predicted octanol–water partition coefficient (Wildman–Crippen LogP) is 2.92. The fraction of sp³-hybridized carbons (Fsp3) is 0.579. The summed E-state index contributed by atoms with van der Waals surface area (Å²) in [7, 11) is 1.42. The van der Waals surface area contributed by atoms with Crippen molar-refractivity contribution in [1.82, 2.24) is 10.2 Å². The van der Waals surface area contributed by atoms with Crippen LogP contribution < -0.4 is 5.32 Å². The number of benzene rings is 1. The summed E-state index contributed by atoms with van der Waals surface area (Å²) in [5, 5.41) is 3.26. The molecule has 0 aliphatic carbocycles. The summed E-state index contributed by atoms with van der Waals surface area (Å²) in [5.74, 6) is -1.14. The molecule has 1 unspecified atom stereocenters. The van der Waals surface area contributed by atoms with E-state index in [1.807, 2.05) is 13.8 Å². The maximum Gasteiger partial charge on any atom is 0.308 e. The lowest BCUT2D eigenvalue weighted by molar-refractivity contribution is -0.146. The Kier molecular flexibility index (Phi) is 7.36. The monoisotopic (exact) mass is 367 g/mol. The van der Waals surface area contributed by atoms with Crippen molar-refractivity contribution < 1.29 is 18.3 Å². The van der Waals surface area contributed by atoms with Crippen molar-refractivity contribution in [3.63, 3.8) is 0 Å². The van der Waals surface area contributed by atoms with Crippen molar-refractivity contribution in [2.75, 3.05) is 33.3 Å². The molecule has 144 valence electrons. The molecule has 0 aromatic heterocycles. The quantitative estimate of drug-likeness (QED) is 0.494. The Morgan fingerprint density at radius 1 is 1.35 bits per heavy atom. The molecule has 2 rings (SSSR count). The predicted molar refractivity (Wildman–Crippen MR) is 97.1 cm³/mol. The Balaban J connectivity index is 2.00. The molecule has 1 aliphatic heterocycles. The lowest BCUT2D eigenvalue weighted by Gasteiger charge is -2.33. The van der Waals surface area contributed by atoms with Crippen LogP contribution in [0.5, 0.6) is 0 Å². The molecule has 1 aromatic rings. The van der Waals surface area contributed by atoms with Gasteiger partial charge in [0.2, 0.25) is 0 Å². The van der Waals surface area contributed by atoms with E-state index in [0.717, 1.165) is 44.5 Å². The van der Waals surface area contributed by atoms with Crippen LogP contribution in [0.25, 0.3) is 0 Å². The van der Waals surface area contributed by atoms with Gasteiger partial charge in [-0.1, -0.05) is 13.0 Å². The van der Waals surface area contributed by atoms with E-state index in [1.165, 1.54) is 13.2 Å². The van der Waals surface area contributed by atoms with Gasteiger partial charge in [0.05, 0.1) is 13.0 Å². The van der Waals surface area contributed by atoms with Gasteiger partial charge in [0, 0.05) is 32.1 Å². The first kappa shape index (κ1) is 20.1. The van der Waals surface area contributed by atoms with Gasteiger partial charge in [-0.15, -0.1) is 0 Å². The fourth-order valence-corrected chi connectivity index (χ4v) is 3.07. The first-order valence-corrected chi connectivity index (χ1v) is 9.02. The Bertz CT molecular complexity index is 644. The maximum absolute atomic E-state index is 13.4. The highest BCUT2D eigenvalue weighted by Crippen LogP contribution is 2.20. The lowest BCUT2D eigenvalue weighted by atomic mass is 9.97. The van der Waals surface area contributed by atoms with Crippen LogP contribution in [0.2, 0.25) is 0 Å². The second-order valence-electron chi connectivity index (χ2n) is 6.55. The number of ether oxygens (including phenoxy) is 1. The second kappa shape index (κ2) is 9.50. The standard InChI is InChI=1S/C19H27F2N3O2/c1-4-22-19(24-9-7-14(8-10-24)18(25)26-3)23-12-13(2)15-5-6-16(20)17(21)11-15/h5-6,11,13-14H,4,7-10,12H2,1-3H3,(H,22,23). The van der Waals surface area contributed by atoms with E-state index >= 15 is 0 Å². The van der Waals surface area contributed by atoms with Crippen LogP contribution in [0.4, 0.5) is 8.78 Å². The molecular formula is C19H27F2N3O2. The molecule has 26 heavy (non-hydrogen) atoms. The van der Waals surface area contributed by atoms with Crippen LogP contribution in [0.3, 0.4) is 0 Å². The number of carbonyl (C=O) groups is 1. The highest BCUT2D eigenvalue weighted by molar-refractivity contribution is 5.80. The molecule has 1 heterocycles. The van der Waals surface area contributed by atoms with Gasteiger partial charge in [0.15, 0.2) is 17.6 Å². The lowest BCUT2D eigenvalue weighted by Crippen LogP contribution is -2.46. The zero-order valence-electron chi connectivity index (χ0n) is 15.6. The summed E-state index contributed by atoms with van der Waals surface area (Å²) in [5.41, 5.74) is 0.716. The molecule has 1 N–H and O–H groups in total. The third-order valence-electron chi connectivity index (χ3n) is 4.69. The van der Waals surface area contributed by atoms with Crippen molar-refractivity contribution in [3.8, 4) is 0 Å². The summed E-state index contributed by atoms with van der Waals surface area (Å²) in [6.07, 6.45) is 1.46. The number of esters is 1. The average molecular weight is 367 g/mol. The molecule has 1 atom stereocenters. The van der Waals surface area contributed by atoms with Gasteiger partial charge in [0.25, 0.3) is 0 Å². The zero-order chi connectivity index (χ0) is 19.1. The second-order valence-corrected chi connectivity index (χ2v) is 6.55. The van der Waals surface area contributed by atoms with E-state index in [0.29, 0.717) is 12.1 Å². The van der Waals surface area contributed by atoms with Crippen molar-refractivity contribution >= 4 is 11.9 Å². The zero-order valence-corrected chi connectivity index (χ0v) is 15.6.